The number of hydrogen-bond donors (Lipinski definition) is 0. The maximum Gasteiger partial charge on any atom is 0.141 e. The fourth-order valence-electron chi connectivity index (χ4n) is 2.62. The van der Waals surface area contributed by atoms with E-state index in [2.05, 4.69) is 39.4 Å². The van der Waals surface area contributed by atoms with Crippen LogP contribution in [0.3, 0.4) is 0 Å². The van der Waals surface area contributed by atoms with Gasteiger partial charge in [0.1, 0.15) is 19.6 Å². The van der Waals surface area contributed by atoms with Gasteiger partial charge >= 0.3 is 0 Å². The molecule has 18 heavy (non-hydrogen) atoms. The van der Waals surface area contributed by atoms with E-state index in [1.807, 2.05) is 0 Å². The third-order valence-corrected chi connectivity index (χ3v) is 4.27. The number of hydrogen-bond acceptors (Lipinski definition) is 1. The topological polar surface area (TPSA) is 9.23 Å². The van der Waals surface area contributed by atoms with Gasteiger partial charge in [-0.3, -0.25) is 0 Å². The average Bonchev–Trinajstić information content (AvgIpc) is 2.42. The monoisotopic (exact) mass is 364 g/mol. The minimum absolute atomic E-state index is 0.915. The van der Waals surface area contributed by atoms with Crippen molar-refractivity contribution in [3.63, 3.8) is 0 Å². The molecule has 0 unspecified atom stereocenters. The summed E-state index contributed by atoms with van der Waals surface area (Å²) in [7, 11) is 0. The molecule has 2 nitrogen and oxygen atoms in total. The summed E-state index contributed by atoms with van der Waals surface area (Å²) < 4.78 is 9.69. The van der Waals surface area contributed by atoms with Crippen molar-refractivity contribution in [3.8, 4) is 9.85 Å². The van der Waals surface area contributed by atoms with Crippen LogP contribution in [-0.2, 0) is 4.74 Å². The molecule has 104 valence electrons. The van der Waals surface area contributed by atoms with Crippen molar-refractivity contribution < 1.29 is 9.22 Å². The molecule has 0 saturated carbocycles. The lowest BCUT2D eigenvalue weighted by atomic mass is 10.1. The van der Waals surface area contributed by atoms with Gasteiger partial charge in [0.05, 0.1) is 19.8 Å². The summed E-state index contributed by atoms with van der Waals surface area (Å²) in [4.78, 5) is 0. The Labute approximate surface area is 126 Å². The first-order chi connectivity index (χ1) is 8.83. The molecule has 1 heterocycles. The van der Waals surface area contributed by atoms with Gasteiger partial charge < -0.3 is 9.22 Å². The van der Waals surface area contributed by atoms with Crippen molar-refractivity contribution in [2.75, 3.05) is 39.4 Å². The van der Waals surface area contributed by atoms with E-state index >= 15 is 0 Å². The van der Waals surface area contributed by atoms with E-state index in [1.165, 1.54) is 49.6 Å². The van der Waals surface area contributed by atoms with E-state index in [4.69, 9.17) is 4.74 Å². The van der Waals surface area contributed by atoms with Gasteiger partial charge in [-0.15, -0.1) is 0 Å². The van der Waals surface area contributed by atoms with E-state index in [0.717, 1.165) is 32.8 Å². The zero-order chi connectivity index (χ0) is 13.1. The number of morpholine rings is 1. The Balaban J connectivity index is 2.25. The summed E-state index contributed by atoms with van der Waals surface area (Å²) in [6, 6.07) is 0. The van der Waals surface area contributed by atoms with Crippen molar-refractivity contribution in [2.45, 2.75) is 45.4 Å². The molecule has 0 spiro atoms. The molecule has 0 aliphatic carbocycles. The van der Waals surface area contributed by atoms with Gasteiger partial charge in [-0.1, -0.05) is 32.6 Å². The molecule has 1 rings (SSSR count). The van der Waals surface area contributed by atoms with Crippen LogP contribution in [0.25, 0.3) is 0 Å². The normalized spacial score (nSPS) is 18.1. The van der Waals surface area contributed by atoms with Crippen LogP contribution in [0.4, 0.5) is 0 Å². The minimum Gasteiger partial charge on any atom is -0.370 e. The third-order valence-electron chi connectivity index (χ3n) is 3.89. The van der Waals surface area contributed by atoms with Crippen molar-refractivity contribution in [3.05, 3.63) is 0 Å². The number of unbranched alkanes of at least 4 members (excludes halogenated alkanes) is 5. The molecule has 1 aliphatic rings. The van der Waals surface area contributed by atoms with Crippen molar-refractivity contribution in [1.29, 1.82) is 0 Å². The number of halogens is 1. The van der Waals surface area contributed by atoms with E-state index in [0.29, 0.717) is 0 Å². The predicted octanol–water partition coefficient (Wildman–Crippen LogP) is 3.59. The fourth-order valence-corrected chi connectivity index (χ4v) is 2.79. The molecular formula is C15H27INO+. The van der Waals surface area contributed by atoms with E-state index in [1.54, 1.807) is 0 Å². The van der Waals surface area contributed by atoms with E-state index in [-0.39, 0.29) is 0 Å². The van der Waals surface area contributed by atoms with Crippen LogP contribution in [0.2, 0.25) is 0 Å². The maximum atomic E-state index is 5.50. The number of quaternary nitrogens is 1. The van der Waals surface area contributed by atoms with Crippen LogP contribution in [0.1, 0.15) is 45.4 Å². The summed E-state index contributed by atoms with van der Waals surface area (Å²) in [5.41, 5.74) is 0. The Bertz CT molecular complexity index is 263. The molecule has 0 aromatic rings. The van der Waals surface area contributed by atoms with Gasteiger partial charge in [-0.25, -0.2) is 0 Å². The molecule has 0 amide bonds. The lowest BCUT2D eigenvalue weighted by molar-refractivity contribution is -0.928. The standard InChI is InChI=1S/C15H27INO/c1-2-3-4-5-6-7-10-17(11-8-9-16)12-14-18-15-13-17/h2-7,10-15H2,1H3/q+1. The van der Waals surface area contributed by atoms with Gasteiger partial charge in [-0.05, 0) is 22.7 Å². The highest BCUT2D eigenvalue weighted by Gasteiger charge is 2.28. The average molecular weight is 364 g/mol. The van der Waals surface area contributed by atoms with Crippen LogP contribution < -0.4 is 0 Å². The van der Waals surface area contributed by atoms with Gasteiger partial charge in [0.15, 0.2) is 0 Å². The second kappa shape index (κ2) is 10.1. The molecule has 0 bridgehead atoms. The smallest absolute Gasteiger partial charge is 0.141 e. The lowest BCUT2D eigenvalue weighted by Gasteiger charge is -2.40. The molecule has 1 fully saturated rings. The second-order valence-corrected chi connectivity index (χ2v) is 5.86. The van der Waals surface area contributed by atoms with Gasteiger partial charge in [0.25, 0.3) is 0 Å². The van der Waals surface area contributed by atoms with Crippen LogP contribution in [0, 0.1) is 9.85 Å². The molecule has 0 radical (unpaired) electrons. The van der Waals surface area contributed by atoms with E-state index in [9.17, 15) is 0 Å². The third kappa shape index (κ3) is 6.40. The molecule has 0 aromatic carbocycles. The Hall–Kier alpha value is 0.210. The highest BCUT2D eigenvalue weighted by atomic mass is 127. The zero-order valence-electron chi connectivity index (χ0n) is 11.7. The van der Waals surface area contributed by atoms with Crippen LogP contribution in [-0.4, -0.2) is 43.9 Å². The molecular weight excluding hydrogens is 337 g/mol. The molecule has 0 aromatic heterocycles. The Kier molecular flexibility index (Phi) is 9.08. The van der Waals surface area contributed by atoms with Crippen molar-refractivity contribution in [2.24, 2.45) is 0 Å². The summed E-state index contributed by atoms with van der Waals surface area (Å²) in [6.45, 7) is 8.72. The summed E-state index contributed by atoms with van der Waals surface area (Å²) >= 11 is 2.15. The first-order valence-electron chi connectivity index (χ1n) is 7.34. The van der Waals surface area contributed by atoms with Gasteiger partial charge in [-0.2, -0.15) is 0 Å². The second-order valence-electron chi connectivity index (χ2n) is 5.32. The summed E-state index contributed by atoms with van der Waals surface area (Å²) in [5, 5.41) is 0. The highest BCUT2D eigenvalue weighted by molar-refractivity contribution is 14.1. The van der Waals surface area contributed by atoms with Gasteiger partial charge in [0.2, 0.25) is 0 Å². The SMILES string of the molecule is CCCCCCCC[N+]1(CC#CI)CCOCC1. The van der Waals surface area contributed by atoms with E-state index < -0.39 is 0 Å². The number of nitrogens with zero attached hydrogens (tertiary/aromatic N) is 1. The van der Waals surface area contributed by atoms with Gasteiger partial charge in [0, 0.05) is 22.6 Å². The molecule has 1 saturated heterocycles. The Morgan fingerprint density at radius 1 is 1.06 bits per heavy atom. The first kappa shape index (κ1) is 16.3. The maximum absolute atomic E-state index is 5.50. The number of rotatable bonds is 8. The Morgan fingerprint density at radius 2 is 1.72 bits per heavy atom. The Morgan fingerprint density at radius 3 is 2.39 bits per heavy atom. The van der Waals surface area contributed by atoms with Crippen molar-refractivity contribution in [1.82, 2.24) is 0 Å². The molecule has 1 aliphatic heterocycles. The van der Waals surface area contributed by atoms with Crippen LogP contribution in [0.15, 0.2) is 0 Å². The van der Waals surface area contributed by atoms with Crippen LogP contribution in [0.5, 0.6) is 0 Å². The highest BCUT2D eigenvalue weighted by Crippen LogP contribution is 2.14. The largest absolute Gasteiger partial charge is 0.370 e. The quantitative estimate of drug-likeness (QED) is 0.277. The lowest BCUT2D eigenvalue weighted by Crippen LogP contribution is -2.55. The van der Waals surface area contributed by atoms with Crippen molar-refractivity contribution >= 4 is 22.6 Å². The minimum atomic E-state index is 0.915. The first-order valence-corrected chi connectivity index (χ1v) is 8.42. The predicted molar refractivity (Wildman–Crippen MR) is 85.7 cm³/mol. The molecule has 0 N–H and O–H groups in total. The zero-order valence-corrected chi connectivity index (χ0v) is 13.9. The number of ether oxygens (including phenoxy) is 1. The fraction of sp³-hybridized carbons (Fsp3) is 0.867. The summed E-state index contributed by atoms with van der Waals surface area (Å²) in [6.07, 6.45) is 8.29. The van der Waals surface area contributed by atoms with Crippen LogP contribution >= 0.6 is 22.6 Å². The summed E-state index contributed by atoms with van der Waals surface area (Å²) in [5.74, 6) is 3.27. The molecule has 0 atom stereocenters. The molecule has 3 heteroatoms.